The molecular formula is C14H24N2O. The van der Waals surface area contributed by atoms with E-state index in [2.05, 4.69) is 35.3 Å². The van der Waals surface area contributed by atoms with Crippen molar-refractivity contribution in [2.24, 2.45) is 5.92 Å². The van der Waals surface area contributed by atoms with E-state index in [0.717, 1.165) is 32.1 Å². The minimum atomic E-state index is 0.492. The summed E-state index contributed by atoms with van der Waals surface area (Å²) in [6.45, 7) is 5.24. The van der Waals surface area contributed by atoms with Gasteiger partial charge in [-0.1, -0.05) is 6.92 Å². The fourth-order valence-electron chi connectivity index (χ4n) is 2.61. The van der Waals surface area contributed by atoms with Crippen molar-refractivity contribution in [1.82, 2.24) is 9.88 Å². The summed E-state index contributed by atoms with van der Waals surface area (Å²) in [6, 6.07) is 2.73. The summed E-state index contributed by atoms with van der Waals surface area (Å²) in [5.41, 5.74) is 1.40. The zero-order valence-electron chi connectivity index (χ0n) is 11.0. The van der Waals surface area contributed by atoms with Gasteiger partial charge < -0.3 is 14.6 Å². The highest BCUT2D eigenvalue weighted by atomic mass is 16.5. The largest absolute Gasteiger partial charge is 0.381 e. The van der Waals surface area contributed by atoms with Gasteiger partial charge in [0.05, 0.1) is 0 Å². The molecule has 0 aliphatic carbocycles. The SMILES string of the molecule is CCC(NC)c1ccn(CC2CCOCC2)c1. The summed E-state index contributed by atoms with van der Waals surface area (Å²) >= 11 is 0. The smallest absolute Gasteiger partial charge is 0.0469 e. The molecule has 1 fully saturated rings. The van der Waals surface area contributed by atoms with Gasteiger partial charge in [-0.15, -0.1) is 0 Å². The Hall–Kier alpha value is -0.800. The average Bonchev–Trinajstić information content (AvgIpc) is 2.81. The van der Waals surface area contributed by atoms with Crippen molar-refractivity contribution in [3.05, 3.63) is 24.0 Å². The van der Waals surface area contributed by atoms with Crippen molar-refractivity contribution >= 4 is 0 Å². The Morgan fingerprint density at radius 2 is 2.24 bits per heavy atom. The number of aromatic nitrogens is 1. The summed E-state index contributed by atoms with van der Waals surface area (Å²) in [5, 5.41) is 3.35. The molecule has 1 atom stereocenters. The molecule has 0 spiro atoms. The topological polar surface area (TPSA) is 26.2 Å². The highest BCUT2D eigenvalue weighted by molar-refractivity contribution is 5.15. The van der Waals surface area contributed by atoms with Gasteiger partial charge in [-0.05, 0) is 43.9 Å². The molecule has 2 rings (SSSR count). The van der Waals surface area contributed by atoms with Gasteiger partial charge in [0.2, 0.25) is 0 Å². The maximum absolute atomic E-state index is 5.40. The van der Waals surface area contributed by atoms with Crippen LogP contribution in [-0.4, -0.2) is 24.8 Å². The van der Waals surface area contributed by atoms with Crippen LogP contribution in [0, 0.1) is 5.92 Å². The lowest BCUT2D eigenvalue weighted by Gasteiger charge is -2.22. The van der Waals surface area contributed by atoms with Crippen LogP contribution in [0.1, 0.15) is 37.8 Å². The van der Waals surface area contributed by atoms with Crippen molar-refractivity contribution in [2.45, 2.75) is 38.8 Å². The molecule has 0 aromatic carbocycles. The van der Waals surface area contributed by atoms with E-state index in [1.54, 1.807) is 0 Å². The third-order valence-corrected chi connectivity index (χ3v) is 3.74. The minimum absolute atomic E-state index is 0.492. The molecule has 1 aliphatic heterocycles. The first-order chi connectivity index (χ1) is 8.33. The first-order valence-corrected chi connectivity index (χ1v) is 6.74. The predicted octanol–water partition coefficient (Wildman–Crippen LogP) is 2.59. The van der Waals surface area contributed by atoms with Crippen LogP contribution in [0.4, 0.5) is 0 Å². The van der Waals surface area contributed by atoms with Crippen molar-refractivity contribution in [2.75, 3.05) is 20.3 Å². The van der Waals surface area contributed by atoms with Gasteiger partial charge in [-0.3, -0.25) is 0 Å². The van der Waals surface area contributed by atoms with Crippen LogP contribution in [0.25, 0.3) is 0 Å². The molecule has 2 heterocycles. The van der Waals surface area contributed by atoms with Crippen molar-refractivity contribution in [3.8, 4) is 0 Å². The van der Waals surface area contributed by atoms with Crippen LogP contribution in [-0.2, 0) is 11.3 Å². The number of hydrogen-bond donors (Lipinski definition) is 1. The summed E-state index contributed by atoms with van der Waals surface area (Å²) < 4.78 is 7.73. The van der Waals surface area contributed by atoms with E-state index < -0.39 is 0 Å². The third-order valence-electron chi connectivity index (χ3n) is 3.74. The number of nitrogens with one attached hydrogen (secondary N) is 1. The van der Waals surface area contributed by atoms with E-state index in [4.69, 9.17) is 4.74 Å². The molecule has 1 N–H and O–H groups in total. The average molecular weight is 236 g/mol. The van der Waals surface area contributed by atoms with E-state index >= 15 is 0 Å². The Labute approximate surface area is 104 Å². The number of hydrogen-bond acceptors (Lipinski definition) is 2. The fourth-order valence-corrected chi connectivity index (χ4v) is 2.61. The minimum Gasteiger partial charge on any atom is -0.381 e. The summed E-state index contributed by atoms with van der Waals surface area (Å²) in [5.74, 6) is 0.790. The molecule has 1 aliphatic rings. The van der Waals surface area contributed by atoms with Gasteiger partial charge >= 0.3 is 0 Å². The molecule has 3 heteroatoms. The maximum Gasteiger partial charge on any atom is 0.0469 e. The van der Waals surface area contributed by atoms with E-state index in [1.165, 1.54) is 18.4 Å². The van der Waals surface area contributed by atoms with E-state index in [-0.39, 0.29) is 0 Å². The quantitative estimate of drug-likeness (QED) is 0.850. The maximum atomic E-state index is 5.40. The van der Waals surface area contributed by atoms with Crippen LogP contribution in [0.3, 0.4) is 0 Å². The lowest BCUT2D eigenvalue weighted by molar-refractivity contribution is 0.0613. The number of nitrogens with zero attached hydrogens (tertiary/aromatic N) is 1. The number of ether oxygens (including phenoxy) is 1. The molecule has 17 heavy (non-hydrogen) atoms. The Balaban J connectivity index is 1.93. The Morgan fingerprint density at radius 1 is 1.47 bits per heavy atom. The van der Waals surface area contributed by atoms with Crippen molar-refractivity contribution < 1.29 is 4.74 Å². The molecule has 1 aromatic heterocycles. The van der Waals surface area contributed by atoms with Gasteiger partial charge in [0.15, 0.2) is 0 Å². The molecule has 1 saturated heterocycles. The summed E-state index contributed by atoms with van der Waals surface area (Å²) in [6.07, 6.45) is 8.05. The molecular weight excluding hydrogens is 212 g/mol. The van der Waals surface area contributed by atoms with E-state index in [0.29, 0.717) is 6.04 Å². The van der Waals surface area contributed by atoms with Gasteiger partial charge in [-0.25, -0.2) is 0 Å². The van der Waals surface area contributed by atoms with Gasteiger partial charge in [0.1, 0.15) is 0 Å². The molecule has 0 bridgehead atoms. The zero-order valence-corrected chi connectivity index (χ0v) is 11.0. The van der Waals surface area contributed by atoms with Gasteiger partial charge in [-0.2, -0.15) is 0 Å². The highest BCUT2D eigenvalue weighted by Crippen LogP contribution is 2.20. The Morgan fingerprint density at radius 3 is 2.88 bits per heavy atom. The normalized spacial score (nSPS) is 19.4. The summed E-state index contributed by atoms with van der Waals surface area (Å²) in [7, 11) is 2.03. The van der Waals surface area contributed by atoms with Crippen LogP contribution in [0.5, 0.6) is 0 Å². The molecule has 0 radical (unpaired) electrons. The van der Waals surface area contributed by atoms with E-state index in [9.17, 15) is 0 Å². The lowest BCUT2D eigenvalue weighted by Crippen LogP contribution is -2.20. The Kier molecular flexibility index (Phi) is 4.63. The fraction of sp³-hybridized carbons (Fsp3) is 0.714. The molecule has 0 saturated carbocycles. The van der Waals surface area contributed by atoms with Crippen LogP contribution in [0.15, 0.2) is 18.5 Å². The van der Waals surface area contributed by atoms with Crippen LogP contribution < -0.4 is 5.32 Å². The van der Waals surface area contributed by atoms with Gasteiger partial charge in [0.25, 0.3) is 0 Å². The monoisotopic (exact) mass is 236 g/mol. The van der Waals surface area contributed by atoms with Gasteiger partial charge in [0, 0.05) is 38.2 Å². The molecule has 1 unspecified atom stereocenters. The highest BCUT2D eigenvalue weighted by Gasteiger charge is 2.15. The first-order valence-electron chi connectivity index (χ1n) is 6.74. The first kappa shape index (κ1) is 12.7. The second-order valence-corrected chi connectivity index (χ2v) is 4.95. The zero-order chi connectivity index (χ0) is 12.1. The lowest BCUT2D eigenvalue weighted by atomic mass is 10.0. The predicted molar refractivity (Wildman–Crippen MR) is 70.1 cm³/mol. The second-order valence-electron chi connectivity index (χ2n) is 4.95. The standard InChI is InChI=1S/C14H24N2O/c1-3-14(15-2)13-4-7-16(11-13)10-12-5-8-17-9-6-12/h4,7,11-12,14-15H,3,5-6,8-10H2,1-2H3. The molecule has 3 nitrogen and oxygen atoms in total. The molecule has 96 valence electrons. The van der Waals surface area contributed by atoms with Crippen LogP contribution >= 0.6 is 0 Å². The second kappa shape index (κ2) is 6.22. The number of rotatable bonds is 5. The van der Waals surface area contributed by atoms with Crippen molar-refractivity contribution in [1.29, 1.82) is 0 Å². The van der Waals surface area contributed by atoms with Crippen molar-refractivity contribution in [3.63, 3.8) is 0 Å². The van der Waals surface area contributed by atoms with Crippen LogP contribution in [0.2, 0.25) is 0 Å². The molecule has 1 aromatic rings. The third kappa shape index (κ3) is 3.33. The molecule has 0 amide bonds. The van der Waals surface area contributed by atoms with E-state index in [1.807, 2.05) is 7.05 Å². The summed E-state index contributed by atoms with van der Waals surface area (Å²) in [4.78, 5) is 0. The Bertz CT molecular complexity index is 325.